The molecule has 0 aromatic carbocycles. The lowest BCUT2D eigenvalue weighted by atomic mass is 10.4. The molecule has 8 nitrogen and oxygen atoms in total. The number of amides is 1. The molecule has 1 aromatic rings. The molecule has 14 heavy (non-hydrogen) atoms. The summed E-state index contributed by atoms with van der Waals surface area (Å²) in [5.41, 5.74) is 0.446. The molecule has 2 N–H and O–H groups in total. The molecule has 0 spiro atoms. The summed E-state index contributed by atoms with van der Waals surface area (Å²) in [6, 6.07) is 0. The van der Waals surface area contributed by atoms with Gasteiger partial charge in [-0.1, -0.05) is 0 Å². The van der Waals surface area contributed by atoms with E-state index in [1.807, 2.05) is 0 Å². The lowest BCUT2D eigenvalue weighted by molar-refractivity contribution is -0.129. The quantitative estimate of drug-likeness (QED) is 0.296. The van der Waals surface area contributed by atoms with Gasteiger partial charge in [0.25, 0.3) is 11.9 Å². The van der Waals surface area contributed by atoms with Crippen molar-refractivity contribution in [3.63, 3.8) is 0 Å². The molecule has 0 saturated carbocycles. The predicted octanol–water partition coefficient (Wildman–Crippen LogP) is -0.703. The van der Waals surface area contributed by atoms with Crippen LogP contribution < -0.4 is 4.72 Å². The van der Waals surface area contributed by atoms with E-state index in [0.717, 1.165) is 0 Å². The molecule has 0 aliphatic carbocycles. The van der Waals surface area contributed by atoms with Crippen LogP contribution in [0.1, 0.15) is 5.82 Å². The Morgan fingerprint density at radius 1 is 1.79 bits per heavy atom. The van der Waals surface area contributed by atoms with E-state index in [1.165, 1.54) is 5.51 Å². The highest BCUT2D eigenvalue weighted by atomic mass is 32.2. The summed E-state index contributed by atoms with van der Waals surface area (Å²) in [5, 5.41) is 20.8. The van der Waals surface area contributed by atoms with Crippen LogP contribution in [0.25, 0.3) is 0 Å². The topological polar surface area (TPSA) is 128 Å². The molecule has 1 atom stereocenters. The minimum atomic E-state index is -1.51. The van der Waals surface area contributed by atoms with E-state index in [4.69, 9.17) is 5.11 Å². The second-order valence-corrected chi connectivity index (χ2v) is 3.20. The second-order valence-electron chi connectivity index (χ2n) is 1.94. The number of nitrogens with zero attached hydrogens (tertiary/aromatic N) is 3. The summed E-state index contributed by atoms with van der Waals surface area (Å²) in [7, 11) is -1.00. The van der Waals surface area contributed by atoms with Gasteiger partial charge in [0.2, 0.25) is 16.7 Å². The van der Waals surface area contributed by atoms with E-state index in [2.05, 4.69) is 19.2 Å². The number of carbonyl (C=O) groups excluding carboxylic acids is 1. The molecule has 1 heterocycles. The third-order valence-electron chi connectivity index (χ3n) is 1.13. The summed E-state index contributed by atoms with van der Waals surface area (Å²) in [4.78, 5) is 23.9. The standard InChI is InChI=1S/C5H4N4O4S/c10-1-7-14-2-6-4(9-14)3(8-13)5(11)12/h1-2,13H,(H,11,12). The van der Waals surface area contributed by atoms with Crippen molar-refractivity contribution in [1.82, 2.24) is 9.36 Å². The van der Waals surface area contributed by atoms with Crippen LogP contribution in [0.2, 0.25) is 0 Å². The van der Waals surface area contributed by atoms with Gasteiger partial charge in [-0.2, -0.15) is 4.98 Å². The van der Waals surface area contributed by atoms with E-state index in [-0.39, 0.29) is 5.82 Å². The molecule has 0 aliphatic heterocycles. The highest BCUT2D eigenvalue weighted by molar-refractivity contribution is 7.27. The molecule has 74 valence electrons. The van der Waals surface area contributed by atoms with E-state index >= 15 is 0 Å². The van der Waals surface area contributed by atoms with E-state index in [1.54, 1.807) is 0 Å². The first-order chi connectivity index (χ1) is 6.69. The fourth-order valence-electron chi connectivity index (χ4n) is 0.626. The van der Waals surface area contributed by atoms with Gasteiger partial charge in [0.15, 0.2) is 5.71 Å². The van der Waals surface area contributed by atoms with Gasteiger partial charge < -0.3 is 15.5 Å². The van der Waals surface area contributed by atoms with Crippen molar-refractivity contribution >= 4 is 28.9 Å². The molecular formula is C5H4N4O4S. The second kappa shape index (κ2) is 4.28. The van der Waals surface area contributed by atoms with E-state index < -0.39 is 22.5 Å². The van der Waals surface area contributed by atoms with Gasteiger partial charge in [0, 0.05) is 4.37 Å². The number of hydrogen-bond donors (Lipinski definition) is 2. The van der Waals surface area contributed by atoms with Gasteiger partial charge in [-0.3, -0.25) is 4.79 Å². The van der Waals surface area contributed by atoms with Gasteiger partial charge >= 0.3 is 5.97 Å². The molecule has 0 aliphatic rings. The van der Waals surface area contributed by atoms with Crippen LogP contribution >= 0.6 is 10.9 Å². The van der Waals surface area contributed by atoms with Gasteiger partial charge in [-0.05, 0) is 0 Å². The average molecular weight is 216 g/mol. The first kappa shape index (κ1) is 10.1. The molecule has 1 amide bonds. The Morgan fingerprint density at radius 3 is 3.00 bits per heavy atom. The minimum absolute atomic E-state index is 0.287. The van der Waals surface area contributed by atoms with Crippen LogP contribution in [0.3, 0.4) is 0 Å². The van der Waals surface area contributed by atoms with Gasteiger partial charge in [0.1, 0.15) is 0 Å². The molecule has 1 rings (SSSR count). The number of rotatable bonds is 4. The van der Waals surface area contributed by atoms with Crippen molar-refractivity contribution in [3.05, 3.63) is 16.5 Å². The summed E-state index contributed by atoms with van der Waals surface area (Å²) >= 11 is 0. The molecule has 0 saturated heterocycles. The van der Waals surface area contributed by atoms with Crippen LogP contribution in [-0.4, -0.2) is 32.6 Å². The number of hydrogen-bond acceptors (Lipinski definition) is 6. The van der Waals surface area contributed by atoms with E-state index in [9.17, 15) is 14.8 Å². The van der Waals surface area contributed by atoms with Crippen molar-refractivity contribution in [2.24, 2.45) is 5.16 Å². The third kappa shape index (κ3) is 2.01. The Labute approximate surface area is 80.2 Å². The van der Waals surface area contributed by atoms with Crippen LogP contribution in [0.15, 0.2) is 10.7 Å². The predicted molar refractivity (Wildman–Crippen MR) is 47.5 cm³/mol. The zero-order valence-corrected chi connectivity index (χ0v) is 7.39. The van der Waals surface area contributed by atoms with Crippen molar-refractivity contribution in [2.45, 2.75) is 0 Å². The number of aliphatic carboxylic acids is 1. The van der Waals surface area contributed by atoms with E-state index in [0.29, 0.717) is 6.41 Å². The summed E-state index contributed by atoms with van der Waals surface area (Å²) in [6.07, 6.45) is 0.399. The molecule has 0 bridgehead atoms. The zero-order chi connectivity index (χ0) is 10.6. The smallest absolute Gasteiger partial charge is 0.357 e. The Balaban J connectivity index is 2.95. The number of carboxylic acids is 1. The SMILES string of the molecule is O=CN[s+]1cnc(C(=N[O-])C(=O)O)n1. The molecule has 9 heteroatoms. The van der Waals surface area contributed by atoms with Gasteiger partial charge in [0.05, 0.1) is 0 Å². The lowest BCUT2D eigenvalue weighted by Gasteiger charge is -1.95. The third-order valence-corrected chi connectivity index (χ3v) is 2.15. The Morgan fingerprint density at radius 2 is 2.50 bits per heavy atom. The van der Waals surface area contributed by atoms with Gasteiger partial charge in [-0.25, -0.2) is 4.79 Å². The van der Waals surface area contributed by atoms with Crippen LogP contribution in [0.5, 0.6) is 0 Å². The highest BCUT2D eigenvalue weighted by Gasteiger charge is 2.20. The number of carbonyl (C=O) groups is 2. The van der Waals surface area contributed by atoms with Crippen molar-refractivity contribution in [2.75, 3.05) is 4.72 Å². The van der Waals surface area contributed by atoms with Crippen molar-refractivity contribution in [3.8, 4) is 0 Å². The van der Waals surface area contributed by atoms with Gasteiger partial charge in [-0.15, -0.1) is 4.72 Å². The Kier molecular flexibility index (Phi) is 3.07. The van der Waals surface area contributed by atoms with Crippen LogP contribution in [0.4, 0.5) is 0 Å². The largest absolute Gasteiger partial charge is 0.791 e. The molecule has 1 aromatic heterocycles. The first-order valence-electron chi connectivity index (χ1n) is 3.19. The van der Waals surface area contributed by atoms with Crippen molar-refractivity contribution < 1.29 is 14.7 Å². The highest BCUT2D eigenvalue weighted by Crippen LogP contribution is 2.08. The average Bonchev–Trinajstić information content (AvgIpc) is 2.54. The van der Waals surface area contributed by atoms with Crippen molar-refractivity contribution in [1.29, 1.82) is 0 Å². The number of carboxylic acid groups (broad SMARTS) is 1. The number of aromatic nitrogens is 2. The minimum Gasteiger partial charge on any atom is -0.791 e. The number of nitrogens with one attached hydrogen (secondary N) is 1. The fourth-order valence-corrected chi connectivity index (χ4v) is 1.41. The summed E-state index contributed by atoms with van der Waals surface area (Å²) < 4.78 is 5.89. The van der Waals surface area contributed by atoms with Crippen LogP contribution in [-0.2, 0) is 9.59 Å². The fraction of sp³-hybridized carbons (Fsp3) is 0. The molecule has 1 unspecified atom stereocenters. The van der Waals surface area contributed by atoms with Crippen LogP contribution in [0, 0.1) is 5.21 Å². The molecule has 0 fully saturated rings. The Hall–Kier alpha value is -2.03. The lowest BCUT2D eigenvalue weighted by Crippen LogP contribution is -2.15. The molecule has 0 radical (unpaired) electrons. The zero-order valence-electron chi connectivity index (χ0n) is 6.58. The molecular weight excluding hydrogens is 212 g/mol. The maximum atomic E-state index is 10.4. The summed E-state index contributed by atoms with van der Waals surface area (Å²) in [5.74, 6) is -1.79. The summed E-state index contributed by atoms with van der Waals surface area (Å²) in [6.45, 7) is 0. The maximum absolute atomic E-state index is 10.4. The Bertz CT molecular complexity index is 387. The maximum Gasteiger partial charge on any atom is 0.357 e. The normalized spacial score (nSPS) is 12.3. The monoisotopic (exact) mass is 216 g/mol. The first-order valence-corrected chi connectivity index (χ1v) is 4.43.